The van der Waals surface area contributed by atoms with E-state index in [1.54, 1.807) is 12.0 Å². The first-order valence-corrected chi connectivity index (χ1v) is 10.8. The van der Waals surface area contributed by atoms with Gasteiger partial charge in [0.05, 0.1) is 28.6 Å². The van der Waals surface area contributed by atoms with Crippen molar-refractivity contribution in [3.63, 3.8) is 0 Å². The van der Waals surface area contributed by atoms with E-state index in [2.05, 4.69) is 9.97 Å². The van der Waals surface area contributed by atoms with Crippen LogP contribution in [-0.4, -0.2) is 28.7 Å². The summed E-state index contributed by atoms with van der Waals surface area (Å²) in [6, 6.07) is 15.5. The summed E-state index contributed by atoms with van der Waals surface area (Å²) in [5.74, 6) is 1.16. The zero-order chi connectivity index (χ0) is 19.3. The number of thioether (sulfide) groups is 1. The fourth-order valence-corrected chi connectivity index (χ4v) is 5.83. The second-order valence-electron chi connectivity index (χ2n) is 6.32. The average Bonchev–Trinajstić information content (AvgIpc) is 3.30. The van der Waals surface area contributed by atoms with Crippen LogP contribution in [0.1, 0.15) is 10.9 Å². The largest absolute Gasteiger partial charge is 0.497 e. The molecule has 0 saturated carbocycles. The number of rotatable bonds is 3. The van der Waals surface area contributed by atoms with Crippen LogP contribution < -0.4 is 9.64 Å². The predicted octanol–water partition coefficient (Wildman–Crippen LogP) is 5.29. The maximum atomic E-state index is 12.7. The van der Waals surface area contributed by atoms with Crippen LogP contribution in [-0.2, 0) is 4.79 Å². The van der Waals surface area contributed by atoms with Gasteiger partial charge in [0, 0.05) is 10.9 Å². The van der Waals surface area contributed by atoms with E-state index >= 15 is 0 Å². The SMILES string of the molecule is COc1ccc2nc(Cl)c(C3SCC(=O)N3c3nc4ccccc4s3)cc2c1. The fourth-order valence-electron chi connectivity index (χ4n) is 3.27. The Labute approximate surface area is 174 Å². The number of carbonyl (C=O) groups is 1. The number of hydrogen-bond donors (Lipinski definition) is 0. The molecular formula is C20H14ClN3O2S2. The Hall–Kier alpha value is -2.35. The molecule has 1 amide bonds. The van der Waals surface area contributed by atoms with E-state index in [0.717, 1.165) is 32.4 Å². The monoisotopic (exact) mass is 427 g/mol. The van der Waals surface area contributed by atoms with Crippen LogP contribution in [0.15, 0.2) is 48.5 Å². The standard InChI is InChI=1S/C20H14ClN3O2S2/c1-26-12-6-7-14-11(8-12)9-13(18(21)22-14)19-24(17(25)10-27-19)20-23-15-4-2-3-5-16(15)28-20/h2-9,19H,10H2,1H3. The van der Waals surface area contributed by atoms with Crippen LogP contribution in [0.25, 0.3) is 21.1 Å². The Balaban J connectivity index is 1.62. The number of ether oxygens (including phenoxy) is 1. The van der Waals surface area contributed by atoms with E-state index in [-0.39, 0.29) is 11.3 Å². The molecule has 1 unspecified atom stereocenters. The van der Waals surface area contributed by atoms with E-state index in [9.17, 15) is 4.79 Å². The molecule has 2 aromatic heterocycles. The van der Waals surface area contributed by atoms with Crippen molar-refractivity contribution in [2.24, 2.45) is 0 Å². The van der Waals surface area contributed by atoms with Gasteiger partial charge >= 0.3 is 0 Å². The van der Waals surface area contributed by atoms with Crippen LogP contribution in [0.4, 0.5) is 5.13 Å². The lowest BCUT2D eigenvalue weighted by atomic mass is 10.1. The summed E-state index contributed by atoms with van der Waals surface area (Å²) in [5, 5.41) is 1.74. The molecule has 5 nitrogen and oxygen atoms in total. The third-order valence-electron chi connectivity index (χ3n) is 4.63. The molecule has 140 valence electrons. The van der Waals surface area contributed by atoms with E-state index in [1.807, 2.05) is 48.5 Å². The Morgan fingerprint density at radius 2 is 2.00 bits per heavy atom. The third-order valence-corrected chi connectivity index (χ3v) is 7.16. The molecule has 8 heteroatoms. The average molecular weight is 428 g/mol. The summed E-state index contributed by atoms with van der Waals surface area (Å²) in [5.41, 5.74) is 2.48. The fraction of sp³-hybridized carbons (Fsp3) is 0.150. The number of para-hydroxylation sites is 1. The number of hydrogen-bond acceptors (Lipinski definition) is 6. The van der Waals surface area contributed by atoms with Gasteiger partial charge in [0.25, 0.3) is 0 Å². The lowest BCUT2D eigenvalue weighted by Gasteiger charge is -2.22. The normalized spacial score (nSPS) is 17.0. The predicted molar refractivity (Wildman–Crippen MR) is 116 cm³/mol. The van der Waals surface area contributed by atoms with Gasteiger partial charge in [-0.15, -0.1) is 11.8 Å². The number of nitrogens with zero attached hydrogens (tertiary/aromatic N) is 3. The van der Waals surface area contributed by atoms with E-state index in [1.165, 1.54) is 23.1 Å². The Bertz CT molecular complexity index is 1190. The van der Waals surface area contributed by atoms with E-state index < -0.39 is 0 Å². The van der Waals surface area contributed by atoms with Gasteiger partial charge in [-0.25, -0.2) is 9.97 Å². The summed E-state index contributed by atoms with van der Waals surface area (Å²) in [6.07, 6.45) is 0. The zero-order valence-electron chi connectivity index (χ0n) is 14.8. The van der Waals surface area contributed by atoms with Crippen LogP contribution in [0, 0.1) is 0 Å². The highest BCUT2D eigenvalue weighted by molar-refractivity contribution is 8.00. The highest BCUT2D eigenvalue weighted by Crippen LogP contribution is 2.46. The molecule has 5 rings (SSSR count). The van der Waals surface area contributed by atoms with Gasteiger partial charge < -0.3 is 4.74 Å². The molecule has 1 saturated heterocycles. The highest BCUT2D eigenvalue weighted by Gasteiger charge is 2.37. The quantitative estimate of drug-likeness (QED) is 0.416. The summed E-state index contributed by atoms with van der Waals surface area (Å²) in [7, 11) is 1.63. The summed E-state index contributed by atoms with van der Waals surface area (Å²) in [6.45, 7) is 0. The van der Waals surface area contributed by atoms with E-state index in [4.69, 9.17) is 16.3 Å². The van der Waals surface area contributed by atoms with Crippen LogP contribution in [0.5, 0.6) is 5.75 Å². The van der Waals surface area contributed by atoms with Crippen molar-refractivity contribution in [3.05, 3.63) is 59.2 Å². The van der Waals surface area contributed by atoms with Crippen molar-refractivity contribution in [3.8, 4) is 5.75 Å². The minimum atomic E-state index is -0.260. The number of amides is 1. The molecule has 0 radical (unpaired) electrons. The number of halogens is 1. The highest BCUT2D eigenvalue weighted by atomic mass is 35.5. The summed E-state index contributed by atoms with van der Waals surface area (Å²) >= 11 is 9.57. The van der Waals surface area contributed by atoms with Crippen LogP contribution >= 0.6 is 34.7 Å². The zero-order valence-corrected chi connectivity index (χ0v) is 17.1. The van der Waals surface area contributed by atoms with Crippen molar-refractivity contribution in [2.75, 3.05) is 17.8 Å². The molecule has 1 atom stereocenters. The lowest BCUT2D eigenvalue weighted by molar-refractivity contribution is -0.115. The number of thiazole rings is 1. The number of benzene rings is 2. The van der Waals surface area contributed by atoms with Crippen molar-refractivity contribution in [1.82, 2.24) is 9.97 Å². The Morgan fingerprint density at radius 1 is 1.14 bits per heavy atom. The summed E-state index contributed by atoms with van der Waals surface area (Å²) < 4.78 is 6.37. The molecule has 1 fully saturated rings. The van der Waals surface area contributed by atoms with Gasteiger partial charge in [0.1, 0.15) is 16.3 Å². The minimum absolute atomic E-state index is 0.0239. The van der Waals surface area contributed by atoms with Crippen molar-refractivity contribution in [1.29, 1.82) is 0 Å². The first-order chi connectivity index (χ1) is 13.6. The van der Waals surface area contributed by atoms with Gasteiger partial charge in [-0.05, 0) is 36.4 Å². The van der Waals surface area contributed by atoms with Gasteiger partial charge in [0.2, 0.25) is 5.91 Å². The Morgan fingerprint density at radius 3 is 2.82 bits per heavy atom. The summed E-state index contributed by atoms with van der Waals surface area (Å²) in [4.78, 5) is 23.6. The third kappa shape index (κ3) is 2.90. The molecule has 28 heavy (non-hydrogen) atoms. The smallest absolute Gasteiger partial charge is 0.240 e. The van der Waals surface area contributed by atoms with Gasteiger partial charge in [-0.3, -0.25) is 9.69 Å². The molecule has 1 aliphatic heterocycles. The first kappa shape index (κ1) is 17.7. The van der Waals surface area contributed by atoms with Crippen LogP contribution in [0.3, 0.4) is 0 Å². The number of aromatic nitrogens is 2. The van der Waals surface area contributed by atoms with Gasteiger partial charge in [-0.2, -0.15) is 0 Å². The van der Waals surface area contributed by atoms with E-state index in [0.29, 0.717) is 16.0 Å². The molecule has 3 heterocycles. The number of carbonyl (C=O) groups excluding carboxylic acids is 1. The first-order valence-electron chi connectivity index (χ1n) is 8.57. The number of methoxy groups -OCH3 is 1. The molecule has 2 aromatic carbocycles. The maximum Gasteiger partial charge on any atom is 0.240 e. The van der Waals surface area contributed by atoms with Crippen LogP contribution in [0.2, 0.25) is 5.15 Å². The van der Waals surface area contributed by atoms with Gasteiger partial charge in [0.15, 0.2) is 5.13 Å². The molecule has 1 aliphatic rings. The van der Waals surface area contributed by atoms with Crippen molar-refractivity contribution < 1.29 is 9.53 Å². The topological polar surface area (TPSA) is 55.3 Å². The Kier molecular flexibility index (Phi) is 4.38. The molecule has 0 aliphatic carbocycles. The minimum Gasteiger partial charge on any atom is -0.497 e. The molecule has 0 spiro atoms. The number of pyridine rings is 1. The molecule has 4 aromatic rings. The molecule has 0 N–H and O–H groups in total. The second-order valence-corrected chi connectivity index (χ2v) is 8.75. The van der Waals surface area contributed by atoms with Gasteiger partial charge in [-0.1, -0.05) is 35.1 Å². The van der Waals surface area contributed by atoms with Crippen molar-refractivity contribution in [2.45, 2.75) is 5.37 Å². The van der Waals surface area contributed by atoms with Crippen molar-refractivity contribution >= 4 is 66.9 Å². The second kappa shape index (κ2) is 6.92. The number of fused-ring (bicyclic) bond motifs is 2. The number of anilines is 1. The molecule has 0 bridgehead atoms. The molecular weight excluding hydrogens is 414 g/mol. The maximum absolute atomic E-state index is 12.7. The lowest BCUT2D eigenvalue weighted by Crippen LogP contribution is -2.27.